The fraction of sp³-hybridized carbons (Fsp3) is 0.125. The Balaban J connectivity index is 1.56. The van der Waals surface area contributed by atoms with Crippen LogP contribution in [0.5, 0.6) is 0 Å². The van der Waals surface area contributed by atoms with Gasteiger partial charge in [0.05, 0.1) is 34.5 Å². The van der Waals surface area contributed by atoms with Gasteiger partial charge in [-0.1, -0.05) is 24.3 Å². The first-order chi connectivity index (χ1) is 16.1. The van der Waals surface area contributed by atoms with Gasteiger partial charge in [0.15, 0.2) is 5.11 Å². The topological polar surface area (TPSA) is 97.3 Å². The van der Waals surface area contributed by atoms with Crippen LogP contribution < -0.4 is 5.32 Å². The number of benzene rings is 1. The number of hydrogen-bond donors (Lipinski definition) is 1. The van der Waals surface area contributed by atoms with E-state index >= 15 is 0 Å². The molecule has 164 valence electrons. The predicted molar refractivity (Wildman–Crippen MR) is 126 cm³/mol. The summed E-state index contributed by atoms with van der Waals surface area (Å²) in [7, 11) is 0. The monoisotopic (exact) mass is 457 g/mol. The number of nitro groups is 1. The van der Waals surface area contributed by atoms with Crippen LogP contribution in [0.15, 0.2) is 89.6 Å². The highest BCUT2D eigenvalue weighted by Crippen LogP contribution is 2.42. The minimum absolute atomic E-state index is 0.00918. The predicted octanol–water partition coefficient (Wildman–Crippen LogP) is 4.82. The summed E-state index contributed by atoms with van der Waals surface area (Å²) in [5.41, 5.74) is 2.09. The number of furan rings is 1. The molecule has 0 radical (unpaired) electrons. The van der Waals surface area contributed by atoms with E-state index in [-0.39, 0.29) is 17.8 Å². The van der Waals surface area contributed by atoms with Crippen molar-refractivity contribution in [1.29, 1.82) is 0 Å². The van der Waals surface area contributed by atoms with E-state index in [1.54, 1.807) is 36.7 Å². The first-order valence-corrected chi connectivity index (χ1v) is 10.7. The molecule has 1 fully saturated rings. The van der Waals surface area contributed by atoms with Crippen molar-refractivity contribution in [2.45, 2.75) is 18.6 Å². The summed E-state index contributed by atoms with van der Waals surface area (Å²) in [5.74, 6) is 1.05. The van der Waals surface area contributed by atoms with E-state index in [0.29, 0.717) is 28.7 Å². The molecule has 0 bridgehead atoms. The summed E-state index contributed by atoms with van der Waals surface area (Å²) in [5, 5.41) is 15.4. The van der Waals surface area contributed by atoms with Crippen molar-refractivity contribution in [2.24, 2.45) is 0 Å². The number of nitrogens with one attached hydrogen (secondary N) is 1. The standard InChI is InChI=1S/C24H19N5O3S/c30-29(31)19-10-2-1-8-17(19)20-11-12-21(32-20)23-22(18-9-4-6-14-26-18)27-24(33)28(23)15-16-7-3-5-13-25-16/h1-14,22-23H,15H2,(H,27,33)/t22-,23-/m1/s1. The molecule has 0 spiro atoms. The Hall–Kier alpha value is -4.11. The molecule has 33 heavy (non-hydrogen) atoms. The number of nitro benzene ring substituents is 1. The van der Waals surface area contributed by atoms with E-state index in [1.165, 1.54) is 6.07 Å². The summed E-state index contributed by atoms with van der Waals surface area (Å²) in [6.45, 7) is 0.474. The quantitative estimate of drug-likeness (QED) is 0.250. The lowest BCUT2D eigenvalue weighted by atomic mass is 10.0. The van der Waals surface area contributed by atoms with Gasteiger partial charge >= 0.3 is 0 Å². The van der Waals surface area contributed by atoms with Crippen LogP contribution in [0, 0.1) is 10.1 Å². The Morgan fingerprint density at radius 1 is 1.00 bits per heavy atom. The van der Waals surface area contributed by atoms with Gasteiger partial charge in [-0.3, -0.25) is 20.1 Å². The maximum absolute atomic E-state index is 11.5. The van der Waals surface area contributed by atoms with Gasteiger partial charge in [0.2, 0.25) is 0 Å². The van der Waals surface area contributed by atoms with Crippen LogP contribution in [-0.4, -0.2) is 24.9 Å². The third kappa shape index (κ3) is 4.06. The normalized spacial score (nSPS) is 17.7. The number of aromatic nitrogens is 2. The van der Waals surface area contributed by atoms with Crippen LogP contribution in [0.2, 0.25) is 0 Å². The summed E-state index contributed by atoms with van der Waals surface area (Å²) >= 11 is 5.68. The average molecular weight is 458 g/mol. The SMILES string of the molecule is O=[N+]([O-])c1ccccc1-c1ccc([C@@H]2[C@@H](c3ccccn3)NC(=S)N2Cc2ccccn2)o1. The van der Waals surface area contributed by atoms with Gasteiger partial charge in [-0.25, -0.2) is 0 Å². The van der Waals surface area contributed by atoms with Crippen molar-refractivity contribution in [2.75, 3.05) is 0 Å². The second-order valence-electron chi connectivity index (χ2n) is 7.55. The van der Waals surface area contributed by atoms with Gasteiger partial charge in [0.25, 0.3) is 5.69 Å². The van der Waals surface area contributed by atoms with Crippen molar-refractivity contribution in [3.05, 3.63) is 112 Å². The molecule has 0 unspecified atom stereocenters. The van der Waals surface area contributed by atoms with E-state index < -0.39 is 4.92 Å². The molecule has 1 N–H and O–H groups in total. The van der Waals surface area contributed by atoms with Crippen LogP contribution in [-0.2, 0) is 6.54 Å². The number of pyridine rings is 2. The Labute approximate surface area is 195 Å². The number of para-hydroxylation sites is 1. The Morgan fingerprint density at radius 3 is 2.48 bits per heavy atom. The van der Waals surface area contributed by atoms with Gasteiger partial charge in [0.1, 0.15) is 17.6 Å². The molecular formula is C24H19N5O3S. The summed E-state index contributed by atoms with van der Waals surface area (Å²) in [6.07, 6.45) is 3.48. The van der Waals surface area contributed by atoms with Gasteiger partial charge in [0, 0.05) is 18.5 Å². The molecule has 9 heteroatoms. The molecule has 0 saturated carbocycles. The van der Waals surface area contributed by atoms with Crippen LogP contribution in [0.3, 0.4) is 0 Å². The molecule has 4 heterocycles. The molecule has 0 amide bonds. The first kappa shape index (κ1) is 20.8. The lowest BCUT2D eigenvalue weighted by Crippen LogP contribution is -2.29. The summed E-state index contributed by atoms with van der Waals surface area (Å²) in [4.78, 5) is 22.1. The molecule has 0 aliphatic carbocycles. The van der Waals surface area contributed by atoms with Gasteiger partial charge < -0.3 is 14.6 Å². The van der Waals surface area contributed by atoms with Crippen molar-refractivity contribution >= 4 is 23.0 Å². The number of nitrogens with zero attached hydrogens (tertiary/aromatic N) is 4. The number of hydrogen-bond acceptors (Lipinski definition) is 6. The molecule has 1 aromatic carbocycles. The molecule has 3 aromatic heterocycles. The molecule has 4 aromatic rings. The summed E-state index contributed by atoms with van der Waals surface area (Å²) in [6, 6.07) is 21.0. The zero-order valence-corrected chi connectivity index (χ0v) is 18.2. The van der Waals surface area contributed by atoms with E-state index in [2.05, 4.69) is 15.3 Å². The largest absolute Gasteiger partial charge is 0.459 e. The van der Waals surface area contributed by atoms with Gasteiger partial charge in [-0.15, -0.1) is 0 Å². The molecule has 1 aliphatic heterocycles. The molecule has 5 rings (SSSR count). The van der Waals surface area contributed by atoms with E-state index in [1.807, 2.05) is 47.4 Å². The van der Waals surface area contributed by atoms with Crippen LogP contribution >= 0.6 is 12.2 Å². The smallest absolute Gasteiger partial charge is 0.280 e. The molecule has 1 saturated heterocycles. The lowest BCUT2D eigenvalue weighted by molar-refractivity contribution is -0.384. The first-order valence-electron chi connectivity index (χ1n) is 10.3. The van der Waals surface area contributed by atoms with E-state index in [4.69, 9.17) is 16.6 Å². The minimum Gasteiger partial charge on any atom is -0.459 e. The Kier molecular flexibility index (Phi) is 5.54. The van der Waals surface area contributed by atoms with E-state index in [9.17, 15) is 10.1 Å². The van der Waals surface area contributed by atoms with Gasteiger partial charge in [-0.05, 0) is 54.7 Å². The zero-order chi connectivity index (χ0) is 22.8. The highest BCUT2D eigenvalue weighted by Gasteiger charge is 2.42. The zero-order valence-electron chi connectivity index (χ0n) is 17.4. The Bertz CT molecular complexity index is 1300. The fourth-order valence-corrected chi connectivity index (χ4v) is 4.35. The van der Waals surface area contributed by atoms with Crippen molar-refractivity contribution in [3.63, 3.8) is 0 Å². The van der Waals surface area contributed by atoms with Crippen molar-refractivity contribution in [3.8, 4) is 11.3 Å². The Morgan fingerprint density at radius 2 is 1.76 bits per heavy atom. The third-order valence-electron chi connectivity index (χ3n) is 5.54. The fourth-order valence-electron chi connectivity index (χ4n) is 4.05. The average Bonchev–Trinajstić information content (AvgIpc) is 3.45. The lowest BCUT2D eigenvalue weighted by Gasteiger charge is -2.25. The number of thiocarbonyl (C=S) groups is 1. The molecule has 8 nitrogen and oxygen atoms in total. The summed E-state index contributed by atoms with van der Waals surface area (Å²) < 4.78 is 6.22. The number of rotatable bonds is 6. The van der Waals surface area contributed by atoms with Crippen LogP contribution in [0.1, 0.15) is 29.2 Å². The maximum atomic E-state index is 11.5. The van der Waals surface area contributed by atoms with Crippen molar-refractivity contribution in [1.82, 2.24) is 20.2 Å². The highest BCUT2D eigenvalue weighted by atomic mass is 32.1. The minimum atomic E-state index is -0.409. The molecular weight excluding hydrogens is 438 g/mol. The molecule has 1 aliphatic rings. The second kappa shape index (κ2) is 8.79. The second-order valence-corrected chi connectivity index (χ2v) is 7.94. The van der Waals surface area contributed by atoms with E-state index in [0.717, 1.165) is 11.4 Å². The van der Waals surface area contributed by atoms with Gasteiger partial charge in [-0.2, -0.15) is 0 Å². The maximum Gasteiger partial charge on any atom is 0.280 e. The van der Waals surface area contributed by atoms with Crippen LogP contribution in [0.25, 0.3) is 11.3 Å². The molecule has 2 atom stereocenters. The highest BCUT2D eigenvalue weighted by molar-refractivity contribution is 7.80. The van der Waals surface area contributed by atoms with Crippen LogP contribution in [0.4, 0.5) is 5.69 Å². The third-order valence-corrected chi connectivity index (χ3v) is 5.89. The van der Waals surface area contributed by atoms with Crippen molar-refractivity contribution < 1.29 is 9.34 Å².